The first-order valence-electron chi connectivity index (χ1n) is 10.1. The fourth-order valence-corrected chi connectivity index (χ4v) is 3.15. The van der Waals surface area contributed by atoms with Crippen molar-refractivity contribution < 1.29 is 10.2 Å². The van der Waals surface area contributed by atoms with Gasteiger partial charge in [0.15, 0.2) is 0 Å². The molecule has 0 heterocycles. The molecule has 1 unspecified atom stereocenters. The van der Waals surface area contributed by atoms with E-state index >= 15 is 0 Å². The maximum absolute atomic E-state index is 9.47. The van der Waals surface area contributed by atoms with Crippen molar-refractivity contribution >= 4 is 0 Å². The van der Waals surface area contributed by atoms with Crippen molar-refractivity contribution in [2.45, 2.75) is 110 Å². The summed E-state index contributed by atoms with van der Waals surface area (Å²) in [5.74, 6) is 0.546. The molecule has 0 aromatic rings. The molecule has 0 amide bonds. The van der Waals surface area contributed by atoms with Gasteiger partial charge < -0.3 is 10.2 Å². The Morgan fingerprint density at radius 1 is 0.545 bits per heavy atom. The standard InChI is InChI=1S/C20H42O2/c1-2-3-4-5-7-10-13-16-20(19-22)17-14-11-8-6-9-12-15-18-21/h20-22H,2-19H2,1H3. The average Bonchev–Trinajstić information content (AvgIpc) is 2.54. The number of rotatable bonds is 18. The third-order valence-corrected chi connectivity index (χ3v) is 4.74. The van der Waals surface area contributed by atoms with Crippen LogP contribution in [-0.2, 0) is 0 Å². The Labute approximate surface area is 139 Å². The predicted molar refractivity (Wildman–Crippen MR) is 97.2 cm³/mol. The Bertz CT molecular complexity index is 194. The normalized spacial score (nSPS) is 12.7. The molecular weight excluding hydrogens is 272 g/mol. The van der Waals surface area contributed by atoms with Crippen LogP contribution < -0.4 is 0 Å². The lowest BCUT2D eigenvalue weighted by atomic mass is 9.95. The quantitative estimate of drug-likeness (QED) is 0.312. The van der Waals surface area contributed by atoms with Crippen molar-refractivity contribution in [2.75, 3.05) is 13.2 Å². The lowest BCUT2D eigenvalue weighted by Crippen LogP contribution is -2.06. The molecule has 0 saturated heterocycles. The van der Waals surface area contributed by atoms with Gasteiger partial charge in [-0.3, -0.25) is 0 Å². The highest BCUT2D eigenvalue weighted by molar-refractivity contribution is 4.59. The molecule has 0 aliphatic carbocycles. The highest BCUT2D eigenvalue weighted by Gasteiger charge is 2.06. The third kappa shape index (κ3) is 16.3. The molecule has 0 bridgehead atoms. The first-order chi connectivity index (χ1) is 10.8. The van der Waals surface area contributed by atoms with Crippen LogP contribution in [0.1, 0.15) is 110 Å². The van der Waals surface area contributed by atoms with E-state index < -0.39 is 0 Å². The zero-order chi connectivity index (χ0) is 16.3. The van der Waals surface area contributed by atoms with E-state index in [1.807, 2.05) is 0 Å². The topological polar surface area (TPSA) is 40.5 Å². The van der Waals surface area contributed by atoms with Gasteiger partial charge in [0.2, 0.25) is 0 Å². The van der Waals surface area contributed by atoms with Crippen LogP contribution in [0.3, 0.4) is 0 Å². The van der Waals surface area contributed by atoms with Crippen LogP contribution in [0, 0.1) is 5.92 Å². The third-order valence-electron chi connectivity index (χ3n) is 4.74. The van der Waals surface area contributed by atoms with Crippen molar-refractivity contribution in [3.05, 3.63) is 0 Å². The Morgan fingerprint density at radius 3 is 1.36 bits per heavy atom. The van der Waals surface area contributed by atoms with E-state index in [1.54, 1.807) is 0 Å². The van der Waals surface area contributed by atoms with Crippen LogP contribution in [0.5, 0.6) is 0 Å². The fourth-order valence-electron chi connectivity index (χ4n) is 3.15. The number of aliphatic hydroxyl groups is 2. The summed E-state index contributed by atoms with van der Waals surface area (Å²) in [6.07, 6.45) is 20.6. The summed E-state index contributed by atoms with van der Waals surface area (Å²) in [6.45, 7) is 2.99. The first kappa shape index (κ1) is 21.9. The van der Waals surface area contributed by atoms with E-state index in [0.29, 0.717) is 19.1 Å². The van der Waals surface area contributed by atoms with Gasteiger partial charge >= 0.3 is 0 Å². The second-order valence-electron chi connectivity index (χ2n) is 6.95. The molecule has 0 radical (unpaired) electrons. The molecule has 134 valence electrons. The highest BCUT2D eigenvalue weighted by Crippen LogP contribution is 2.19. The van der Waals surface area contributed by atoms with Crippen molar-refractivity contribution in [1.82, 2.24) is 0 Å². The minimum absolute atomic E-state index is 0.344. The molecule has 22 heavy (non-hydrogen) atoms. The molecular formula is C20H42O2. The summed E-state index contributed by atoms with van der Waals surface area (Å²) >= 11 is 0. The van der Waals surface area contributed by atoms with Crippen LogP contribution >= 0.6 is 0 Å². The lowest BCUT2D eigenvalue weighted by molar-refractivity contribution is 0.204. The van der Waals surface area contributed by atoms with E-state index in [1.165, 1.54) is 96.3 Å². The van der Waals surface area contributed by atoms with E-state index in [9.17, 15) is 5.11 Å². The minimum atomic E-state index is 0.344. The lowest BCUT2D eigenvalue weighted by Gasteiger charge is -2.13. The Balaban J connectivity index is 3.29. The van der Waals surface area contributed by atoms with Crippen molar-refractivity contribution in [3.8, 4) is 0 Å². The smallest absolute Gasteiger partial charge is 0.0459 e. The Kier molecular flexibility index (Phi) is 18.9. The molecule has 0 saturated carbocycles. The molecule has 2 N–H and O–H groups in total. The first-order valence-corrected chi connectivity index (χ1v) is 10.1. The number of unbranched alkanes of at least 4 members (excludes halogenated alkanes) is 12. The average molecular weight is 315 g/mol. The van der Waals surface area contributed by atoms with Gasteiger partial charge in [-0.15, -0.1) is 0 Å². The molecule has 0 aromatic carbocycles. The van der Waals surface area contributed by atoms with Crippen molar-refractivity contribution in [1.29, 1.82) is 0 Å². The van der Waals surface area contributed by atoms with Gasteiger partial charge in [0, 0.05) is 13.2 Å². The van der Waals surface area contributed by atoms with E-state index in [-0.39, 0.29) is 0 Å². The second kappa shape index (κ2) is 19.0. The zero-order valence-corrected chi connectivity index (χ0v) is 15.2. The highest BCUT2D eigenvalue weighted by atomic mass is 16.3. The molecule has 1 atom stereocenters. The number of hydrogen-bond acceptors (Lipinski definition) is 2. The molecule has 0 aliphatic rings. The molecule has 0 fully saturated rings. The monoisotopic (exact) mass is 314 g/mol. The van der Waals surface area contributed by atoms with Gasteiger partial charge in [-0.05, 0) is 25.2 Å². The van der Waals surface area contributed by atoms with E-state index in [4.69, 9.17) is 5.11 Å². The largest absolute Gasteiger partial charge is 0.396 e. The summed E-state index contributed by atoms with van der Waals surface area (Å²) in [5.41, 5.74) is 0. The summed E-state index contributed by atoms with van der Waals surface area (Å²) in [4.78, 5) is 0. The van der Waals surface area contributed by atoms with E-state index in [2.05, 4.69) is 6.92 Å². The molecule has 0 aliphatic heterocycles. The number of aliphatic hydroxyl groups excluding tert-OH is 2. The summed E-state index contributed by atoms with van der Waals surface area (Å²) in [5, 5.41) is 18.2. The van der Waals surface area contributed by atoms with Crippen molar-refractivity contribution in [3.63, 3.8) is 0 Å². The second-order valence-corrected chi connectivity index (χ2v) is 6.95. The van der Waals surface area contributed by atoms with Crippen LogP contribution in [0.25, 0.3) is 0 Å². The molecule has 0 rings (SSSR count). The molecule has 0 aromatic heterocycles. The van der Waals surface area contributed by atoms with Gasteiger partial charge in [0.1, 0.15) is 0 Å². The van der Waals surface area contributed by atoms with Crippen molar-refractivity contribution in [2.24, 2.45) is 5.92 Å². The van der Waals surface area contributed by atoms with Crippen LogP contribution in [0.15, 0.2) is 0 Å². The molecule has 0 spiro atoms. The fraction of sp³-hybridized carbons (Fsp3) is 1.00. The Morgan fingerprint density at radius 2 is 0.955 bits per heavy atom. The van der Waals surface area contributed by atoms with Gasteiger partial charge in [-0.2, -0.15) is 0 Å². The van der Waals surface area contributed by atoms with Crippen LogP contribution in [0.2, 0.25) is 0 Å². The van der Waals surface area contributed by atoms with Gasteiger partial charge in [-0.25, -0.2) is 0 Å². The maximum atomic E-state index is 9.47. The van der Waals surface area contributed by atoms with Gasteiger partial charge in [-0.1, -0.05) is 90.4 Å². The summed E-state index contributed by atoms with van der Waals surface area (Å²) in [7, 11) is 0. The summed E-state index contributed by atoms with van der Waals surface area (Å²) in [6, 6.07) is 0. The molecule has 2 nitrogen and oxygen atoms in total. The minimum Gasteiger partial charge on any atom is -0.396 e. The number of hydrogen-bond donors (Lipinski definition) is 2. The van der Waals surface area contributed by atoms with E-state index in [0.717, 1.165) is 6.42 Å². The van der Waals surface area contributed by atoms with Gasteiger partial charge in [0.05, 0.1) is 0 Å². The van der Waals surface area contributed by atoms with Crippen LogP contribution in [0.4, 0.5) is 0 Å². The van der Waals surface area contributed by atoms with Gasteiger partial charge in [0.25, 0.3) is 0 Å². The maximum Gasteiger partial charge on any atom is 0.0459 e. The summed E-state index contributed by atoms with van der Waals surface area (Å²) < 4.78 is 0. The van der Waals surface area contributed by atoms with Crippen LogP contribution in [-0.4, -0.2) is 23.4 Å². The molecule has 2 heteroatoms. The zero-order valence-electron chi connectivity index (χ0n) is 15.2. The Hall–Kier alpha value is -0.0800. The SMILES string of the molecule is CCCCCCCCCC(CO)CCCCCCCCCO. The predicted octanol–water partition coefficient (Wildman–Crippen LogP) is 5.85.